The van der Waals surface area contributed by atoms with Crippen molar-refractivity contribution in [2.24, 2.45) is 4.99 Å². The van der Waals surface area contributed by atoms with Gasteiger partial charge in [-0.05, 0) is 42.0 Å². The van der Waals surface area contributed by atoms with Crippen molar-refractivity contribution < 1.29 is 9.18 Å². The highest BCUT2D eigenvalue weighted by Gasteiger charge is 2.20. The van der Waals surface area contributed by atoms with E-state index >= 15 is 0 Å². The highest BCUT2D eigenvalue weighted by molar-refractivity contribution is 7.99. The lowest BCUT2D eigenvalue weighted by atomic mass is 10.0. The van der Waals surface area contributed by atoms with Gasteiger partial charge in [0.05, 0.1) is 11.4 Å². The fourth-order valence-corrected chi connectivity index (χ4v) is 4.85. The Kier molecular flexibility index (Phi) is 5.80. The molecule has 0 unspecified atom stereocenters. The van der Waals surface area contributed by atoms with E-state index in [2.05, 4.69) is 24.3 Å². The third kappa shape index (κ3) is 4.45. The maximum Gasteiger partial charge on any atom is 0.253 e. The van der Waals surface area contributed by atoms with E-state index in [-0.39, 0.29) is 11.7 Å². The average Bonchev–Trinajstić information content (AvgIpc) is 3.02. The zero-order valence-electron chi connectivity index (χ0n) is 18.0. The van der Waals surface area contributed by atoms with Crippen LogP contribution in [0.4, 0.5) is 10.1 Å². The van der Waals surface area contributed by atoms with Gasteiger partial charge in [-0.15, -0.1) is 0 Å². The average molecular weight is 453 g/mol. The SMILES string of the molecule is CN(Cc1ccc(F)cc1)C(=O)c1ccc2c(c1)N=C(c1ccccc1)c1ccccc1S2. The third-order valence-corrected chi connectivity index (χ3v) is 6.67. The minimum absolute atomic E-state index is 0.106. The number of benzene rings is 4. The van der Waals surface area contributed by atoms with Crippen molar-refractivity contribution in [1.82, 2.24) is 4.90 Å². The molecule has 0 fully saturated rings. The van der Waals surface area contributed by atoms with Crippen LogP contribution in [0.2, 0.25) is 0 Å². The predicted octanol–water partition coefficient (Wildman–Crippen LogP) is 6.73. The molecular formula is C28H21FN2OS. The molecule has 5 heteroatoms. The van der Waals surface area contributed by atoms with Gasteiger partial charge in [0.25, 0.3) is 5.91 Å². The second-order valence-corrected chi connectivity index (χ2v) is 8.98. The molecule has 33 heavy (non-hydrogen) atoms. The van der Waals surface area contributed by atoms with Gasteiger partial charge in [-0.3, -0.25) is 4.79 Å². The second-order valence-electron chi connectivity index (χ2n) is 7.89. The fraction of sp³-hybridized carbons (Fsp3) is 0.0714. The first-order valence-corrected chi connectivity index (χ1v) is 11.5. The van der Waals surface area contributed by atoms with E-state index in [0.717, 1.165) is 37.9 Å². The maximum absolute atomic E-state index is 13.2. The van der Waals surface area contributed by atoms with Gasteiger partial charge in [-0.25, -0.2) is 9.38 Å². The fourth-order valence-electron chi connectivity index (χ4n) is 3.85. The van der Waals surface area contributed by atoms with E-state index in [4.69, 9.17) is 4.99 Å². The summed E-state index contributed by atoms with van der Waals surface area (Å²) in [6, 6.07) is 30.2. The second kappa shape index (κ2) is 9.04. The van der Waals surface area contributed by atoms with E-state index in [9.17, 15) is 9.18 Å². The van der Waals surface area contributed by atoms with Gasteiger partial charge in [0.2, 0.25) is 0 Å². The van der Waals surface area contributed by atoms with Gasteiger partial charge in [-0.2, -0.15) is 0 Å². The van der Waals surface area contributed by atoms with Gasteiger partial charge in [0.1, 0.15) is 5.82 Å². The maximum atomic E-state index is 13.2. The van der Waals surface area contributed by atoms with Crippen LogP contribution in [-0.2, 0) is 6.54 Å². The lowest BCUT2D eigenvalue weighted by Gasteiger charge is -2.18. The normalized spacial score (nSPS) is 12.2. The molecule has 1 aliphatic heterocycles. The molecule has 4 aromatic carbocycles. The zero-order valence-corrected chi connectivity index (χ0v) is 18.9. The monoisotopic (exact) mass is 452 g/mol. The van der Waals surface area contributed by atoms with Crippen LogP contribution in [-0.4, -0.2) is 23.6 Å². The van der Waals surface area contributed by atoms with E-state index in [0.29, 0.717) is 12.1 Å². The van der Waals surface area contributed by atoms with E-state index in [1.165, 1.54) is 12.1 Å². The van der Waals surface area contributed by atoms with Gasteiger partial charge in [-0.1, -0.05) is 72.4 Å². The number of halogens is 1. The number of carbonyl (C=O) groups excluding carboxylic acids is 1. The van der Waals surface area contributed by atoms with Crippen molar-refractivity contribution in [3.63, 3.8) is 0 Å². The standard InChI is InChI=1S/C28H21FN2OS/c1-31(18-19-11-14-22(29)15-12-19)28(32)21-13-16-26-24(17-21)30-27(20-7-3-2-4-8-20)23-9-5-6-10-25(23)33-26/h2-17H,18H2,1H3. The van der Waals surface area contributed by atoms with Crippen molar-refractivity contribution in [2.75, 3.05) is 7.05 Å². The summed E-state index contributed by atoms with van der Waals surface area (Å²) in [7, 11) is 1.75. The Balaban J connectivity index is 1.51. The number of hydrogen-bond donors (Lipinski definition) is 0. The Morgan fingerprint density at radius 1 is 0.879 bits per heavy atom. The summed E-state index contributed by atoms with van der Waals surface area (Å²) in [6.07, 6.45) is 0. The number of carbonyl (C=O) groups is 1. The van der Waals surface area contributed by atoms with Crippen LogP contribution in [0.1, 0.15) is 27.0 Å². The van der Waals surface area contributed by atoms with Crippen molar-refractivity contribution in [2.45, 2.75) is 16.3 Å². The number of aliphatic imine (C=N–C) groups is 1. The molecule has 0 saturated heterocycles. The number of fused-ring (bicyclic) bond motifs is 2. The summed E-state index contributed by atoms with van der Waals surface area (Å²) in [5.41, 5.74) is 5.21. The van der Waals surface area contributed by atoms with E-state index in [1.807, 2.05) is 48.5 Å². The van der Waals surface area contributed by atoms with Crippen molar-refractivity contribution in [3.05, 3.63) is 125 Å². The third-order valence-electron chi connectivity index (χ3n) is 5.53. The summed E-state index contributed by atoms with van der Waals surface area (Å²) in [5.74, 6) is -0.394. The molecule has 4 aromatic rings. The molecule has 1 aliphatic rings. The molecule has 0 aromatic heterocycles. The molecule has 0 radical (unpaired) electrons. The Bertz CT molecular complexity index is 1350. The largest absolute Gasteiger partial charge is 0.337 e. The first-order valence-electron chi connectivity index (χ1n) is 10.6. The molecule has 0 saturated carbocycles. The molecule has 0 atom stereocenters. The Hall–Kier alpha value is -3.70. The summed E-state index contributed by atoms with van der Waals surface area (Å²) in [6.45, 7) is 0.398. The first-order chi connectivity index (χ1) is 16.1. The molecule has 1 heterocycles. The van der Waals surface area contributed by atoms with Crippen LogP contribution in [0, 0.1) is 5.82 Å². The van der Waals surface area contributed by atoms with E-state index < -0.39 is 0 Å². The molecule has 0 N–H and O–H groups in total. The van der Waals surface area contributed by atoms with Gasteiger partial charge in [0, 0.05) is 40.1 Å². The predicted molar refractivity (Wildman–Crippen MR) is 131 cm³/mol. The van der Waals surface area contributed by atoms with Crippen LogP contribution in [0.3, 0.4) is 0 Å². The smallest absolute Gasteiger partial charge is 0.253 e. The van der Waals surface area contributed by atoms with Gasteiger partial charge < -0.3 is 4.90 Å². The molecule has 0 bridgehead atoms. The zero-order chi connectivity index (χ0) is 22.8. The van der Waals surface area contributed by atoms with Crippen LogP contribution in [0.25, 0.3) is 0 Å². The Morgan fingerprint density at radius 3 is 2.39 bits per heavy atom. The topological polar surface area (TPSA) is 32.7 Å². The summed E-state index contributed by atoms with van der Waals surface area (Å²) < 4.78 is 13.2. The number of amides is 1. The molecule has 0 aliphatic carbocycles. The Morgan fingerprint density at radius 2 is 1.61 bits per heavy atom. The van der Waals surface area contributed by atoms with Crippen LogP contribution >= 0.6 is 11.8 Å². The minimum atomic E-state index is -0.288. The number of rotatable bonds is 4. The molecule has 5 rings (SSSR count). The number of nitrogens with zero attached hydrogens (tertiary/aromatic N) is 2. The van der Waals surface area contributed by atoms with Crippen molar-refractivity contribution in [1.29, 1.82) is 0 Å². The summed E-state index contributed by atoms with van der Waals surface area (Å²) in [5, 5.41) is 0. The van der Waals surface area contributed by atoms with Crippen molar-refractivity contribution in [3.8, 4) is 0 Å². The summed E-state index contributed by atoms with van der Waals surface area (Å²) in [4.78, 5) is 22.0. The molecular weight excluding hydrogens is 431 g/mol. The van der Waals surface area contributed by atoms with Crippen molar-refractivity contribution >= 4 is 29.1 Å². The summed E-state index contributed by atoms with van der Waals surface area (Å²) >= 11 is 1.66. The molecule has 162 valence electrons. The van der Waals surface area contributed by atoms with Crippen LogP contribution in [0.15, 0.2) is 112 Å². The van der Waals surface area contributed by atoms with Crippen LogP contribution in [0.5, 0.6) is 0 Å². The molecule has 3 nitrogen and oxygen atoms in total. The molecule has 0 spiro atoms. The van der Waals surface area contributed by atoms with Crippen LogP contribution < -0.4 is 0 Å². The quantitative estimate of drug-likeness (QED) is 0.303. The highest BCUT2D eigenvalue weighted by atomic mass is 32.2. The number of hydrogen-bond acceptors (Lipinski definition) is 3. The van der Waals surface area contributed by atoms with E-state index in [1.54, 1.807) is 35.8 Å². The molecule has 1 amide bonds. The lowest BCUT2D eigenvalue weighted by Crippen LogP contribution is -2.26. The first kappa shape index (κ1) is 21.2. The minimum Gasteiger partial charge on any atom is -0.337 e. The van der Waals surface area contributed by atoms with Gasteiger partial charge in [0.15, 0.2) is 0 Å². The lowest BCUT2D eigenvalue weighted by molar-refractivity contribution is 0.0785. The Labute approximate surface area is 196 Å². The van der Waals surface area contributed by atoms with Gasteiger partial charge >= 0.3 is 0 Å². The highest BCUT2D eigenvalue weighted by Crippen LogP contribution is 2.41.